The van der Waals surface area contributed by atoms with Gasteiger partial charge in [0, 0.05) is 12.3 Å². The molecule has 3 heterocycles. The summed E-state index contributed by atoms with van der Waals surface area (Å²) < 4.78 is 7.22. The summed E-state index contributed by atoms with van der Waals surface area (Å²) in [6.45, 7) is 0.141. The summed E-state index contributed by atoms with van der Waals surface area (Å²) in [6, 6.07) is 0. The molecule has 0 saturated carbocycles. The second-order valence-corrected chi connectivity index (χ2v) is 4.59. The highest BCUT2D eigenvalue weighted by molar-refractivity contribution is 5.68. The number of fused-ring (bicyclic) bond motifs is 1. The molecule has 1 saturated heterocycles. The number of hydrogen-bond donors (Lipinski definition) is 3. The van der Waals surface area contributed by atoms with E-state index in [9.17, 15) is 9.90 Å². The lowest BCUT2D eigenvalue weighted by atomic mass is 9.98. The van der Waals surface area contributed by atoms with Gasteiger partial charge in [-0.15, -0.1) is 0 Å². The molecule has 0 amide bonds. The lowest BCUT2D eigenvalue weighted by molar-refractivity contribution is -0.123. The van der Waals surface area contributed by atoms with Crippen LogP contribution in [0.5, 0.6) is 0 Å². The first-order valence-corrected chi connectivity index (χ1v) is 6.01. The van der Waals surface area contributed by atoms with E-state index in [1.54, 1.807) is 4.57 Å². The van der Waals surface area contributed by atoms with E-state index >= 15 is 0 Å². The molecule has 0 bridgehead atoms. The molecule has 3 rings (SSSR count). The Kier molecular flexibility index (Phi) is 3.05. The van der Waals surface area contributed by atoms with E-state index in [1.165, 1.54) is 12.7 Å². The fourth-order valence-electron chi connectivity index (χ4n) is 2.25. The maximum absolute atomic E-state index is 11.5. The van der Waals surface area contributed by atoms with Gasteiger partial charge in [-0.25, -0.2) is 9.97 Å². The molecule has 1 aliphatic rings. The third-order valence-corrected chi connectivity index (χ3v) is 3.40. The number of H-pyrrole nitrogens is 1. The highest BCUT2D eigenvalue weighted by Gasteiger charge is 2.31. The quantitative estimate of drug-likeness (QED) is 0.643. The summed E-state index contributed by atoms with van der Waals surface area (Å²) in [5.74, 6) is -0.276. The Morgan fingerprint density at radius 1 is 1.53 bits per heavy atom. The van der Waals surface area contributed by atoms with E-state index in [0.29, 0.717) is 12.1 Å². The van der Waals surface area contributed by atoms with Crippen LogP contribution in [-0.2, 0) is 4.74 Å². The fraction of sp³-hybridized carbons (Fsp3) is 0.545. The molecular formula is C11H14N4O4. The van der Waals surface area contributed by atoms with Crippen LogP contribution < -0.4 is 5.56 Å². The zero-order valence-corrected chi connectivity index (χ0v) is 10.1. The minimum atomic E-state index is -0.650. The number of imidazole rings is 1. The van der Waals surface area contributed by atoms with Gasteiger partial charge in [-0.05, 0) is 0 Å². The van der Waals surface area contributed by atoms with E-state index in [2.05, 4.69) is 15.0 Å². The molecule has 8 heteroatoms. The Labute approximate surface area is 107 Å². The van der Waals surface area contributed by atoms with Crippen LogP contribution in [0.4, 0.5) is 0 Å². The molecule has 3 atom stereocenters. The minimum Gasteiger partial charge on any atom is -0.396 e. The summed E-state index contributed by atoms with van der Waals surface area (Å²) in [4.78, 5) is 22.1. The number of aromatic amines is 1. The Morgan fingerprint density at radius 2 is 2.37 bits per heavy atom. The maximum atomic E-state index is 11.5. The van der Waals surface area contributed by atoms with Crippen molar-refractivity contribution in [3.63, 3.8) is 0 Å². The van der Waals surface area contributed by atoms with Crippen molar-refractivity contribution < 1.29 is 14.9 Å². The predicted octanol–water partition coefficient (Wildman–Crippen LogP) is -0.992. The number of rotatable bonds is 2. The number of aliphatic hydroxyl groups is 2. The van der Waals surface area contributed by atoms with Crippen LogP contribution in [0, 0.1) is 5.92 Å². The van der Waals surface area contributed by atoms with Crippen LogP contribution in [0.25, 0.3) is 11.2 Å². The van der Waals surface area contributed by atoms with Crippen LogP contribution in [0.3, 0.4) is 0 Å². The van der Waals surface area contributed by atoms with E-state index < -0.39 is 12.3 Å². The van der Waals surface area contributed by atoms with E-state index in [-0.39, 0.29) is 30.2 Å². The van der Waals surface area contributed by atoms with Crippen LogP contribution in [0.2, 0.25) is 0 Å². The molecule has 2 aromatic heterocycles. The monoisotopic (exact) mass is 266 g/mol. The van der Waals surface area contributed by atoms with Gasteiger partial charge in [0.05, 0.1) is 32.0 Å². The second-order valence-electron chi connectivity index (χ2n) is 4.59. The van der Waals surface area contributed by atoms with Crippen molar-refractivity contribution in [2.75, 3.05) is 13.2 Å². The summed E-state index contributed by atoms with van der Waals surface area (Å²) >= 11 is 0. The normalized spacial score (nSPS) is 27.8. The van der Waals surface area contributed by atoms with Gasteiger partial charge in [0.15, 0.2) is 11.2 Å². The fourth-order valence-corrected chi connectivity index (χ4v) is 2.25. The highest BCUT2D eigenvalue weighted by Crippen LogP contribution is 2.27. The van der Waals surface area contributed by atoms with Crippen molar-refractivity contribution >= 4 is 11.2 Å². The van der Waals surface area contributed by atoms with Gasteiger partial charge in [0.1, 0.15) is 6.23 Å². The van der Waals surface area contributed by atoms with Gasteiger partial charge < -0.3 is 19.9 Å². The van der Waals surface area contributed by atoms with Crippen molar-refractivity contribution in [2.24, 2.45) is 5.92 Å². The standard InChI is InChI=1S/C11H14N4O4/c16-2-6-3-19-8(1-7(6)17)15-5-14-9-10(15)12-4-13-11(9)18/h4-8,16-17H,1-3H2,(H,12,13,18)/t6-,7?,8+/m1/s1. The molecule has 1 fully saturated rings. The van der Waals surface area contributed by atoms with Crippen molar-refractivity contribution in [2.45, 2.75) is 18.8 Å². The number of ether oxygens (including phenoxy) is 1. The SMILES string of the molecule is O=c1[nH]cnc2c1ncn2[C@@H]1CC(O)[C@H](CO)CO1. The first-order valence-electron chi connectivity index (χ1n) is 6.01. The molecule has 1 unspecified atom stereocenters. The summed E-state index contributed by atoms with van der Waals surface area (Å²) in [5, 5.41) is 19.0. The first kappa shape index (κ1) is 12.3. The summed E-state index contributed by atoms with van der Waals surface area (Å²) in [5.41, 5.74) is 0.349. The predicted molar refractivity (Wildman–Crippen MR) is 64.3 cm³/mol. The van der Waals surface area contributed by atoms with Crippen molar-refractivity contribution in [1.82, 2.24) is 19.5 Å². The Balaban J connectivity index is 1.93. The highest BCUT2D eigenvalue weighted by atomic mass is 16.5. The van der Waals surface area contributed by atoms with Crippen molar-refractivity contribution in [1.29, 1.82) is 0 Å². The first-order chi connectivity index (χ1) is 9.20. The van der Waals surface area contributed by atoms with Gasteiger partial charge >= 0.3 is 0 Å². The average molecular weight is 266 g/mol. The molecule has 0 radical (unpaired) electrons. The molecule has 102 valence electrons. The van der Waals surface area contributed by atoms with Crippen molar-refractivity contribution in [3.05, 3.63) is 23.0 Å². The van der Waals surface area contributed by atoms with Crippen LogP contribution in [0.1, 0.15) is 12.6 Å². The zero-order chi connectivity index (χ0) is 13.4. The third-order valence-electron chi connectivity index (χ3n) is 3.40. The van der Waals surface area contributed by atoms with Gasteiger partial charge in [0.25, 0.3) is 5.56 Å². The van der Waals surface area contributed by atoms with E-state index in [1.807, 2.05) is 0 Å². The van der Waals surface area contributed by atoms with E-state index in [0.717, 1.165) is 0 Å². The van der Waals surface area contributed by atoms with Gasteiger partial charge in [-0.1, -0.05) is 0 Å². The van der Waals surface area contributed by atoms with Gasteiger partial charge in [-0.3, -0.25) is 9.36 Å². The van der Waals surface area contributed by atoms with Crippen LogP contribution >= 0.6 is 0 Å². The molecular weight excluding hydrogens is 252 g/mol. The molecule has 1 aliphatic heterocycles. The number of nitrogens with zero attached hydrogens (tertiary/aromatic N) is 3. The summed E-state index contributed by atoms with van der Waals surface area (Å²) in [6.07, 6.45) is 2.02. The zero-order valence-electron chi connectivity index (χ0n) is 10.1. The Hall–Kier alpha value is -1.77. The molecule has 8 nitrogen and oxygen atoms in total. The Bertz CT molecular complexity index is 637. The smallest absolute Gasteiger partial charge is 0.278 e. The Morgan fingerprint density at radius 3 is 3.11 bits per heavy atom. The van der Waals surface area contributed by atoms with Crippen LogP contribution in [-0.4, -0.2) is 49.0 Å². The number of aliphatic hydroxyl groups excluding tert-OH is 2. The molecule has 2 aromatic rings. The van der Waals surface area contributed by atoms with Crippen LogP contribution in [0.15, 0.2) is 17.4 Å². The second kappa shape index (κ2) is 4.72. The van der Waals surface area contributed by atoms with Crippen molar-refractivity contribution in [3.8, 4) is 0 Å². The molecule has 0 aliphatic carbocycles. The third kappa shape index (κ3) is 2.03. The number of hydrogen-bond acceptors (Lipinski definition) is 6. The number of nitrogens with one attached hydrogen (secondary N) is 1. The van der Waals surface area contributed by atoms with Gasteiger partial charge in [-0.2, -0.15) is 0 Å². The average Bonchev–Trinajstić information content (AvgIpc) is 2.84. The lowest BCUT2D eigenvalue weighted by Gasteiger charge is -2.32. The molecule has 3 N–H and O–H groups in total. The minimum absolute atomic E-state index is 0.115. The van der Waals surface area contributed by atoms with E-state index in [4.69, 9.17) is 9.84 Å². The molecule has 19 heavy (non-hydrogen) atoms. The maximum Gasteiger partial charge on any atom is 0.278 e. The van der Waals surface area contributed by atoms with Gasteiger partial charge in [0.2, 0.25) is 0 Å². The molecule has 0 spiro atoms. The molecule has 0 aromatic carbocycles. The number of aromatic nitrogens is 4. The summed E-state index contributed by atoms with van der Waals surface area (Å²) in [7, 11) is 0. The lowest BCUT2D eigenvalue weighted by Crippen LogP contribution is -2.37. The topological polar surface area (TPSA) is 113 Å². The largest absolute Gasteiger partial charge is 0.396 e.